The van der Waals surface area contributed by atoms with E-state index in [-0.39, 0.29) is 10.3 Å². The van der Waals surface area contributed by atoms with Crippen molar-refractivity contribution in [3.8, 4) is 0 Å². The van der Waals surface area contributed by atoms with E-state index in [1.165, 1.54) is 5.56 Å². The summed E-state index contributed by atoms with van der Waals surface area (Å²) in [6, 6.07) is 15.0. The summed E-state index contributed by atoms with van der Waals surface area (Å²) in [5.41, 5.74) is 1.72. The van der Waals surface area contributed by atoms with Crippen LogP contribution in [0.1, 0.15) is 24.0 Å². The molecule has 3 rings (SSSR count). The van der Waals surface area contributed by atoms with Gasteiger partial charge in [-0.15, -0.1) is 0 Å². The summed E-state index contributed by atoms with van der Waals surface area (Å²) >= 11 is 6.03. The zero-order chi connectivity index (χ0) is 15.8. The van der Waals surface area contributed by atoms with Gasteiger partial charge in [-0.1, -0.05) is 48.0 Å². The van der Waals surface area contributed by atoms with Crippen LogP contribution in [-0.2, 0) is 15.4 Å². The Morgan fingerprint density at radius 2 is 1.77 bits per heavy atom. The van der Waals surface area contributed by atoms with Crippen LogP contribution in [0.25, 0.3) is 0 Å². The number of sulfonamides is 1. The maximum atomic E-state index is 12.5. The Morgan fingerprint density at radius 1 is 1.09 bits per heavy atom. The molecule has 1 aliphatic rings. The Balaban J connectivity index is 1.80. The number of nitrogens with one attached hydrogen (secondary N) is 1. The predicted molar refractivity (Wildman–Crippen MR) is 88.7 cm³/mol. The maximum absolute atomic E-state index is 12.5. The summed E-state index contributed by atoms with van der Waals surface area (Å²) in [4.78, 5) is 0.254. The van der Waals surface area contributed by atoms with Crippen molar-refractivity contribution in [3.63, 3.8) is 0 Å². The lowest BCUT2D eigenvalue weighted by Crippen LogP contribution is -2.32. The minimum atomic E-state index is -3.55. The van der Waals surface area contributed by atoms with Crippen LogP contribution in [0, 0.1) is 6.92 Å². The second-order valence-electron chi connectivity index (χ2n) is 5.83. The molecular formula is C17H18ClNO2S. The highest BCUT2D eigenvalue weighted by atomic mass is 35.5. The molecule has 5 heteroatoms. The van der Waals surface area contributed by atoms with Crippen LogP contribution in [0.3, 0.4) is 0 Å². The molecule has 2 aromatic rings. The van der Waals surface area contributed by atoms with Gasteiger partial charge < -0.3 is 0 Å². The van der Waals surface area contributed by atoms with E-state index in [4.69, 9.17) is 11.6 Å². The van der Waals surface area contributed by atoms with E-state index >= 15 is 0 Å². The SMILES string of the molecule is Cc1c(Cl)cccc1S(=O)(=O)NCC1(c2ccccc2)CC1. The molecule has 0 unspecified atom stereocenters. The monoisotopic (exact) mass is 335 g/mol. The van der Waals surface area contributed by atoms with Crippen molar-refractivity contribution >= 4 is 21.6 Å². The summed E-state index contributed by atoms with van der Waals surface area (Å²) in [6.45, 7) is 2.15. The fraction of sp³-hybridized carbons (Fsp3) is 0.294. The fourth-order valence-electron chi connectivity index (χ4n) is 2.70. The van der Waals surface area contributed by atoms with Crippen LogP contribution in [0.4, 0.5) is 0 Å². The van der Waals surface area contributed by atoms with Gasteiger partial charge in [0.25, 0.3) is 0 Å². The zero-order valence-electron chi connectivity index (χ0n) is 12.3. The summed E-state index contributed by atoms with van der Waals surface area (Å²) in [6.07, 6.45) is 2.02. The number of rotatable bonds is 5. The molecular weight excluding hydrogens is 318 g/mol. The molecule has 2 aromatic carbocycles. The second-order valence-corrected chi connectivity index (χ2v) is 7.98. The summed E-state index contributed by atoms with van der Waals surface area (Å²) in [5.74, 6) is 0. The Hall–Kier alpha value is -1.36. The van der Waals surface area contributed by atoms with Crippen LogP contribution in [0.5, 0.6) is 0 Å². The van der Waals surface area contributed by atoms with Crippen molar-refractivity contribution in [2.24, 2.45) is 0 Å². The lowest BCUT2D eigenvalue weighted by Gasteiger charge is -2.17. The first-order valence-electron chi connectivity index (χ1n) is 7.25. The van der Waals surface area contributed by atoms with Crippen LogP contribution < -0.4 is 4.72 Å². The van der Waals surface area contributed by atoms with E-state index in [9.17, 15) is 8.42 Å². The van der Waals surface area contributed by atoms with Gasteiger partial charge in [0.2, 0.25) is 10.0 Å². The largest absolute Gasteiger partial charge is 0.240 e. The van der Waals surface area contributed by atoms with E-state index in [0.29, 0.717) is 17.1 Å². The average molecular weight is 336 g/mol. The summed E-state index contributed by atoms with van der Waals surface area (Å²) in [5, 5.41) is 0.465. The Bertz CT molecular complexity index is 784. The normalized spacial score (nSPS) is 16.5. The standard InChI is InChI=1S/C17H18ClNO2S/c1-13-15(18)8-5-9-16(13)22(20,21)19-12-17(10-11-17)14-6-3-2-4-7-14/h2-9,19H,10-12H2,1H3. The van der Waals surface area contributed by atoms with Crippen molar-refractivity contribution in [3.05, 3.63) is 64.7 Å². The first-order valence-corrected chi connectivity index (χ1v) is 9.11. The zero-order valence-corrected chi connectivity index (χ0v) is 13.9. The molecule has 3 nitrogen and oxygen atoms in total. The minimum Gasteiger partial charge on any atom is -0.210 e. The van der Waals surface area contributed by atoms with Gasteiger partial charge in [0.05, 0.1) is 4.90 Å². The number of halogens is 1. The average Bonchev–Trinajstić information content (AvgIpc) is 3.30. The molecule has 0 radical (unpaired) electrons. The molecule has 0 heterocycles. The highest BCUT2D eigenvalue weighted by molar-refractivity contribution is 7.89. The Morgan fingerprint density at radius 3 is 2.41 bits per heavy atom. The first-order chi connectivity index (χ1) is 10.4. The van der Waals surface area contributed by atoms with E-state index < -0.39 is 10.0 Å². The van der Waals surface area contributed by atoms with E-state index in [1.54, 1.807) is 25.1 Å². The van der Waals surface area contributed by atoms with E-state index in [0.717, 1.165) is 12.8 Å². The molecule has 0 bridgehead atoms. The van der Waals surface area contributed by atoms with Gasteiger partial charge in [0, 0.05) is 17.0 Å². The van der Waals surface area contributed by atoms with Gasteiger partial charge in [-0.2, -0.15) is 0 Å². The fourth-order valence-corrected chi connectivity index (χ4v) is 4.32. The maximum Gasteiger partial charge on any atom is 0.240 e. The lowest BCUT2D eigenvalue weighted by molar-refractivity contribution is 0.566. The molecule has 22 heavy (non-hydrogen) atoms. The number of benzene rings is 2. The summed E-state index contributed by atoms with van der Waals surface area (Å²) in [7, 11) is -3.55. The Labute approximate surface area is 136 Å². The lowest BCUT2D eigenvalue weighted by atomic mass is 9.96. The van der Waals surface area contributed by atoms with Crippen LogP contribution in [0.15, 0.2) is 53.4 Å². The topological polar surface area (TPSA) is 46.2 Å². The van der Waals surface area contributed by atoms with Crippen molar-refractivity contribution in [1.29, 1.82) is 0 Å². The van der Waals surface area contributed by atoms with Crippen molar-refractivity contribution in [2.45, 2.75) is 30.1 Å². The van der Waals surface area contributed by atoms with Gasteiger partial charge in [-0.05, 0) is 43.0 Å². The van der Waals surface area contributed by atoms with Crippen molar-refractivity contribution in [2.75, 3.05) is 6.54 Å². The molecule has 1 aliphatic carbocycles. The smallest absolute Gasteiger partial charge is 0.210 e. The van der Waals surface area contributed by atoms with Gasteiger partial charge >= 0.3 is 0 Å². The molecule has 1 fully saturated rings. The molecule has 1 saturated carbocycles. The van der Waals surface area contributed by atoms with Gasteiger partial charge in [0.1, 0.15) is 0 Å². The molecule has 1 N–H and O–H groups in total. The Kier molecular flexibility index (Phi) is 4.02. The molecule has 0 aliphatic heterocycles. The third-order valence-electron chi connectivity index (χ3n) is 4.35. The van der Waals surface area contributed by atoms with Crippen molar-refractivity contribution in [1.82, 2.24) is 4.72 Å². The van der Waals surface area contributed by atoms with Gasteiger partial charge in [0.15, 0.2) is 0 Å². The third kappa shape index (κ3) is 2.91. The molecule has 0 atom stereocenters. The summed E-state index contributed by atoms with van der Waals surface area (Å²) < 4.78 is 27.8. The first kappa shape index (κ1) is 15.5. The number of hydrogen-bond donors (Lipinski definition) is 1. The van der Waals surface area contributed by atoms with Crippen LogP contribution in [0.2, 0.25) is 5.02 Å². The van der Waals surface area contributed by atoms with E-state index in [1.807, 2.05) is 18.2 Å². The highest BCUT2D eigenvalue weighted by Crippen LogP contribution is 2.47. The minimum absolute atomic E-state index is 0.0548. The predicted octanol–water partition coefficient (Wildman–Crippen LogP) is 3.66. The van der Waals surface area contributed by atoms with Crippen molar-refractivity contribution < 1.29 is 8.42 Å². The van der Waals surface area contributed by atoms with Crippen LogP contribution in [-0.4, -0.2) is 15.0 Å². The molecule has 116 valence electrons. The van der Waals surface area contributed by atoms with Gasteiger partial charge in [-0.3, -0.25) is 0 Å². The second kappa shape index (κ2) is 5.69. The van der Waals surface area contributed by atoms with Crippen LogP contribution >= 0.6 is 11.6 Å². The molecule has 0 saturated heterocycles. The highest BCUT2D eigenvalue weighted by Gasteiger charge is 2.44. The quantitative estimate of drug-likeness (QED) is 0.906. The molecule has 0 aromatic heterocycles. The van der Waals surface area contributed by atoms with Gasteiger partial charge in [-0.25, -0.2) is 13.1 Å². The molecule has 0 spiro atoms. The van der Waals surface area contributed by atoms with E-state index in [2.05, 4.69) is 16.9 Å². The third-order valence-corrected chi connectivity index (χ3v) is 6.30. The number of hydrogen-bond acceptors (Lipinski definition) is 2. The molecule has 0 amide bonds.